The molecule has 5 aromatic carbocycles. The lowest BCUT2D eigenvalue weighted by atomic mass is 9.31. The second kappa shape index (κ2) is 17.9. The summed E-state index contributed by atoms with van der Waals surface area (Å²) in [5, 5.41) is 3.95. The molecular weight excluding hydrogens is 856 g/mol. The number of fused-ring (bicyclic) bond motifs is 3. The van der Waals surface area contributed by atoms with Gasteiger partial charge in [0.2, 0.25) is 6.71 Å². The van der Waals surface area contributed by atoms with Crippen LogP contribution in [0.4, 0.5) is 17.1 Å². The van der Waals surface area contributed by atoms with Crippen LogP contribution in [-0.4, -0.2) is 6.71 Å². The maximum absolute atomic E-state index is 3.95. The van der Waals surface area contributed by atoms with Crippen LogP contribution in [0.3, 0.4) is 0 Å². The van der Waals surface area contributed by atoms with Crippen LogP contribution in [0, 0.1) is 17.8 Å². The van der Waals surface area contributed by atoms with E-state index in [1.54, 1.807) is 0 Å². The zero-order valence-corrected chi connectivity index (χ0v) is 47.7. The Kier molecular flexibility index (Phi) is 13.1. The number of rotatable bonds is 5. The van der Waals surface area contributed by atoms with Gasteiger partial charge in [0.05, 0.1) is 5.69 Å². The van der Waals surface area contributed by atoms with Gasteiger partial charge in [0, 0.05) is 28.2 Å². The minimum absolute atomic E-state index is 0.00341. The Bertz CT molecular complexity index is 3060. The van der Waals surface area contributed by atoms with E-state index in [0.717, 1.165) is 12.1 Å². The molecule has 2 nitrogen and oxygen atoms in total. The number of hydrogen-bond acceptors (Lipinski definition) is 2. The normalized spacial score (nSPS) is 18.2. The van der Waals surface area contributed by atoms with E-state index in [-0.39, 0.29) is 39.2 Å². The van der Waals surface area contributed by atoms with Crippen molar-refractivity contribution in [2.45, 2.75) is 173 Å². The molecule has 0 aromatic heterocycles. The molecule has 2 heterocycles. The highest BCUT2D eigenvalue weighted by atomic mass is 15.2. The number of allylic oxidation sites excluding steroid dienone is 7. The summed E-state index contributed by atoms with van der Waals surface area (Å²) in [5.74, 6) is 0. The number of aryl methyl sites for hydroxylation is 1. The number of benzene rings is 5. The molecule has 0 unspecified atom stereocenters. The lowest BCUT2D eigenvalue weighted by molar-refractivity contribution is 0.499. The van der Waals surface area contributed by atoms with Crippen molar-refractivity contribution in [3.8, 4) is 11.1 Å². The fraction of sp³-hybridized carbons (Fsp3) is 0.412. The molecule has 0 saturated heterocycles. The quantitative estimate of drug-likeness (QED) is 0.177. The predicted molar refractivity (Wildman–Crippen MR) is 314 cm³/mol. The van der Waals surface area contributed by atoms with Crippen LogP contribution in [0.1, 0.15) is 183 Å². The van der Waals surface area contributed by atoms with Gasteiger partial charge in [0.15, 0.2) is 0 Å². The third-order valence-electron chi connectivity index (χ3n) is 15.8. The van der Waals surface area contributed by atoms with Gasteiger partial charge in [-0.15, -0.1) is 0 Å². The Morgan fingerprint density at radius 2 is 1.08 bits per heavy atom. The first kappa shape index (κ1) is 51.8. The molecule has 0 atom stereocenters. The lowest BCUT2D eigenvalue weighted by Crippen LogP contribution is -2.46. The monoisotopic (exact) mass is 941 g/mol. The minimum atomic E-state index is -0.156. The molecule has 0 spiro atoms. The molecule has 71 heavy (non-hydrogen) atoms. The average molecular weight is 941 g/mol. The van der Waals surface area contributed by atoms with Crippen molar-refractivity contribution in [3.05, 3.63) is 187 Å². The Balaban J connectivity index is 1.53. The molecule has 3 aliphatic rings. The number of nitrogens with zero attached hydrogens (tertiary/aromatic N) is 1. The molecule has 1 N–H and O–H groups in total. The molecule has 0 saturated carbocycles. The van der Waals surface area contributed by atoms with Crippen molar-refractivity contribution in [3.63, 3.8) is 0 Å². The molecule has 370 valence electrons. The van der Waals surface area contributed by atoms with Crippen LogP contribution >= 0.6 is 0 Å². The van der Waals surface area contributed by atoms with Gasteiger partial charge < -0.3 is 10.2 Å². The van der Waals surface area contributed by atoms with Gasteiger partial charge in [0.1, 0.15) is 0 Å². The van der Waals surface area contributed by atoms with E-state index in [0.29, 0.717) is 0 Å². The summed E-state index contributed by atoms with van der Waals surface area (Å²) in [6.07, 6.45) is 8.36. The minimum Gasteiger partial charge on any atom is -0.362 e. The van der Waals surface area contributed by atoms with Crippen molar-refractivity contribution in [2.75, 3.05) is 10.2 Å². The highest BCUT2D eigenvalue weighted by Gasteiger charge is 2.46. The zero-order chi connectivity index (χ0) is 52.1. The van der Waals surface area contributed by atoms with E-state index in [1.165, 1.54) is 111 Å². The summed E-state index contributed by atoms with van der Waals surface area (Å²) in [6.45, 7) is 49.1. The molecule has 0 bridgehead atoms. The van der Waals surface area contributed by atoms with Crippen molar-refractivity contribution in [1.82, 2.24) is 0 Å². The molecule has 0 radical (unpaired) electrons. The third kappa shape index (κ3) is 10.1. The second-order valence-electron chi connectivity index (χ2n) is 27.5. The summed E-state index contributed by atoms with van der Waals surface area (Å²) >= 11 is 0. The molecule has 2 aliphatic heterocycles. The van der Waals surface area contributed by atoms with Crippen LogP contribution in [0.25, 0.3) is 22.9 Å². The molecular formula is C68H85BN2. The zero-order valence-electron chi connectivity index (χ0n) is 47.7. The van der Waals surface area contributed by atoms with Gasteiger partial charge in [-0.1, -0.05) is 208 Å². The van der Waals surface area contributed by atoms with Crippen LogP contribution in [0.5, 0.6) is 0 Å². The molecule has 0 amide bonds. The van der Waals surface area contributed by atoms with Gasteiger partial charge in [-0.05, 0) is 174 Å². The number of anilines is 3. The average Bonchev–Trinajstić information content (AvgIpc) is 3.63. The predicted octanol–water partition coefficient (Wildman–Crippen LogP) is 18.5. The van der Waals surface area contributed by atoms with Crippen molar-refractivity contribution in [2.24, 2.45) is 10.8 Å². The second-order valence-corrected chi connectivity index (χ2v) is 27.5. The first-order valence-electron chi connectivity index (χ1n) is 26.5. The van der Waals surface area contributed by atoms with Crippen molar-refractivity contribution in [1.29, 1.82) is 0 Å². The number of hydrogen-bond donors (Lipinski definition) is 1. The Labute approximate surface area is 431 Å². The van der Waals surface area contributed by atoms with Gasteiger partial charge in [0.25, 0.3) is 0 Å². The van der Waals surface area contributed by atoms with Gasteiger partial charge in [-0.25, -0.2) is 0 Å². The van der Waals surface area contributed by atoms with Gasteiger partial charge >= 0.3 is 0 Å². The van der Waals surface area contributed by atoms with Crippen LogP contribution < -0.4 is 15.7 Å². The highest BCUT2D eigenvalue weighted by molar-refractivity contribution is 6.90. The molecule has 0 fully saturated rings. The summed E-state index contributed by atoms with van der Waals surface area (Å²) in [7, 11) is 0. The Morgan fingerprint density at radius 3 is 1.62 bits per heavy atom. The topological polar surface area (TPSA) is 15.3 Å². The molecule has 8 rings (SSSR count). The van der Waals surface area contributed by atoms with Crippen molar-refractivity contribution < 1.29 is 0 Å². The highest BCUT2D eigenvalue weighted by Crippen LogP contribution is 2.53. The van der Waals surface area contributed by atoms with E-state index >= 15 is 0 Å². The maximum Gasteiger partial charge on any atom is 0.245 e. The smallest absolute Gasteiger partial charge is 0.245 e. The van der Waals surface area contributed by atoms with E-state index in [9.17, 15) is 0 Å². The van der Waals surface area contributed by atoms with Crippen LogP contribution in [-0.2, 0) is 28.1 Å². The van der Waals surface area contributed by atoms with E-state index < -0.39 is 0 Å². The van der Waals surface area contributed by atoms with Crippen LogP contribution in [0.2, 0.25) is 0 Å². The summed E-state index contributed by atoms with van der Waals surface area (Å²) < 4.78 is 0. The van der Waals surface area contributed by atoms with E-state index in [1.807, 2.05) is 0 Å². The fourth-order valence-corrected chi connectivity index (χ4v) is 10.7. The van der Waals surface area contributed by atoms with Crippen LogP contribution in [0.15, 0.2) is 143 Å². The fourth-order valence-electron chi connectivity index (χ4n) is 10.7. The lowest BCUT2D eigenvalue weighted by Gasteiger charge is -2.41. The largest absolute Gasteiger partial charge is 0.362 e. The third-order valence-corrected chi connectivity index (χ3v) is 15.8. The number of nitrogens with one attached hydrogen (secondary N) is 1. The molecule has 3 heteroatoms. The SMILES string of the molecule is C/C1=C(\C=C(/C)C(C)(C)C)C(/C(C)(C)C)=C\c2cc(C)cc3c2B(C2=C(c4cc(C(C)(C)C)ccc4C2)N3c2ccc(C(C)(C)C)cc2-c2ccc(C(C)(C)C)cc2)\C1=C/Nc1ccc(C(C)(C)C)cc1. The molecule has 5 aromatic rings. The maximum atomic E-state index is 3.95. The van der Waals surface area contributed by atoms with E-state index in [2.05, 4.69) is 271 Å². The Morgan fingerprint density at radius 1 is 0.563 bits per heavy atom. The Hall–Kier alpha value is -5.54. The standard InChI is InChI=1S/C68H85BN2/c1-42-34-47-37-56(68(19,20)21)53(36-43(2)63(4,5)6)44(3)58(41-70-52-31-28-49(29-32-52)65(10,11)12)69-57-38-46-24-27-50(66(13,14)15)40-55(46)62(57)71(60(35-42)61(47)69)59-33-30-51(67(16,17)18)39-54(59)45-22-25-48(26-23-45)64(7,8)9/h22-37,39-41,70H,38H2,1-21H3/b43-36+,53-44-,56-37+,58-41-. The summed E-state index contributed by atoms with van der Waals surface area (Å²) in [6, 6.07) is 38.2. The molecule has 1 aliphatic carbocycles. The summed E-state index contributed by atoms with van der Waals surface area (Å²) in [5.41, 5.74) is 27.5. The van der Waals surface area contributed by atoms with E-state index in [4.69, 9.17) is 0 Å². The van der Waals surface area contributed by atoms with Gasteiger partial charge in [-0.3, -0.25) is 0 Å². The first-order valence-corrected chi connectivity index (χ1v) is 26.5. The first-order chi connectivity index (χ1) is 32.7. The van der Waals surface area contributed by atoms with Gasteiger partial charge in [-0.2, -0.15) is 0 Å². The summed E-state index contributed by atoms with van der Waals surface area (Å²) in [4.78, 5) is 2.71. The van der Waals surface area contributed by atoms with Crippen molar-refractivity contribution >= 4 is 41.0 Å².